The third-order valence-electron chi connectivity index (χ3n) is 3.78. The molecule has 0 saturated heterocycles. The quantitative estimate of drug-likeness (QED) is 0.611. The fourth-order valence-electron chi connectivity index (χ4n) is 2.42. The Bertz CT molecular complexity index is 1110. The molecule has 11 heteroatoms. The molecule has 0 saturated carbocycles. The van der Waals surface area contributed by atoms with Crippen molar-refractivity contribution in [3.05, 3.63) is 34.6 Å². The monoisotopic (exact) mass is 448 g/mol. The zero-order valence-electron chi connectivity index (χ0n) is 13.5. The second kappa shape index (κ2) is 6.31. The van der Waals surface area contributed by atoms with E-state index in [4.69, 9.17) is 0 Å². The summed E-state index contributed by atoms with van der Waals surface area (Å²) in [5.74, 6) is -0.0372. The number of alkyl halides is 3. The third-order valence-corrected chi connectivity index (χ3v) is 5.96. The molecule has 0 spiro atoms. The first-order valence-electron chi connectivity index (χ1n) is 7.33. The number of hydrogen-bond donors (Lipinski definition) is 0. The number of aromatic nitrogens is 4. The van der Waals surface area contributed by atoms with E-state index in [2.05, 4.69) is 30.9 Å². The van der Waals surface area contributed by atoms with Gasteiger partial charge in [0.25, 0.3) is 0 Å². The minimum absolute atomic E-state index is 0.00175. The molecule has 26 heavy (non-hydrogen) atoms. The topological polar surface area (TPSA) is 77.7 Å². The summed E-state index contributed by atoms with van der Waals surface area (Å²) in [7, 11) is -2.09. The summed E-state index contributed by atoms with van der Waals surface area (Å²) >= 11 is 3.18. The molecule has 0 aliphatic heterocycles. The summed E-state index contributed by atoms with van der Waals surface area (Å²) in [5.41, 5.74) is -0.677. The van der Waals surface area contributed by atoms with E-state index >= 15 is 0 Å². The smallest absolute Gasteiger partial charge is 0.310 e. The lowest BCUT2D eigenvalue weighted by Crippen LogP contribution is -2.09. The molecule has 3 aromatic heterocycles. The van der Waals surface area contributed by atoms with Crippen molar-refractivity contribution >= 4 is 36.9 Å². The predicted molar refractivity (Wildman–Crippen MR) is 92.2 cm³/mol. The molecule has 0 fully saturated rings. The number of sulfone groups is 1. The zero-order valence-corrected chi connectivity index (χ0v) is 15.9. The van der Waals surface area contributed by atoms with Crippen LogP contribution in [-0.2, 0) is 23.1 Å². The van der Waals surface area contributed by atoms with Gasteiger partial charge in [0.05, 0.1) is 16.2 Å². The van der Waals surface area contributed by atoms with Crippen molar-refractivity contribution in [2.75, 3.05) is 5.75 Å². The first-order chi connectivity index (χ1) is 12.0. The van der Waals surface area contributed by atoms with Crippen LogP contribution in [0.5, 0.6) is 0 Å². The molecule has 6 nitrogen and oxygen atoms in total. The van der Waals surface area contributed by atoms with E-state index in [0.717, 1.165) is 6.07 Å². The third kappa shape index (κ3) is 3.20. The summed E-state index contributed by atoms with van der Waals surface area (Å²) in [4.78, 5) is 12.0. The van der Waals surface area contributed by atoms with Crippen LogP contribution in [0.15, 0.2) is 33.9 Å². The Hall–Kier alpha value is -2.01. The van der Waals surface area contributed by atoms with Gasteiger partial charge in [-0.25, -0.2) is 18.4 Å². The van der Waals surface area contributed by atoms with Gasteiger partial charge in [-0.15, -0.1) is 0 Å². The van der Waals surface area contributed by atoms with Gasteiger partial charge in [0.1, 0.15) is 11.2 Å². The summed E-state index contributed by atoms with van der Waals surface area (Å²) in [6, 6.07) is 2.27. The summed E-state index contributed by atoms with van der Waals surface area (Å²) in [6.45, 7) is 1.49. The lowest BCUT2D eigenvalue weighted by molar-refractivity contribution is -0.137. The maximum absolute atomic E-state index is 12.9. The molecule has 0 N–H and O–H groups in total. The van der Waals surface area contributed by atoms with Gasteiger partial charge in [-0.3, -0.25) is 4.98 Å². The molecule has 138 valence electrons. The molecule has 3 rings (SSSR count). The molecule has 0 bridgehead atoms. The molecule has 0 aliphatic rings. The second-order valence-corrected chi connectivity index (χ2v) is 8.62. The molecule has 0 amide bonds. The van der Waals surface area contributed by atoms with Gasteiger partial charge >= 0.3 is 6.18 Å². The molecular formula is C15H12BrF3N4O2S. The first-order valence-corrected chi connectivity index (χ1v) is 9.77. The number of nitrogens with zero attached hydrogens (tertiary/aromatic N) is 4. The van der Waals surface area contributed by atoms with E-state index in [1.165, 1.54) is 30.8 Å². The molecule has 0 aromatic carbocycles. The van der Waals surface area contributed by atoms with Crippen molar-refractivity contribution in [3.8, 4) is 11.5 Å². The van der Waals surface area contributed by atoms with Crippen molar-refractivity contribution in [1.29, 1.82) is 0 Å². The number of imidazole rings is 1. The highest BCUT2D eigenvalue weighted by Crippen LogP contribution is 2.33. The van der Waals surface area contributed by atoms with Gasteiger partial charge in [0.2, 0.25) is 0 Å². The summed E-state index contributed by atoms with van der Waals surface area (Å²) in [6.07, 6.45) is -2.43. The van der Waals surface area contributed by atoms with Crippen LogP contribution < -0.4 is 0 Å². The maximum atomic E-state index is 12.9. The average Bonchev–Trinajstić information content (AvgIpc) is 2.90. The standard InChI is InChI=1S/C15H12BrF3N4O2S/c1-3-26(24,25)11-5-9(16)7-20-12(11)14-22-10-4-8(15(17,18)19)6-21-13(10)23(14)2/h4-7H,3H2,1-2H3. The number of hydrogen-bond acceptors (Lipinski definition) is 5. The van der Waals surface area contributed by atoms with E-state index in [1.54, 1.807) is 0 Å². The second-order valence-electron chi connectivity index (χ2n) is 5.46. The van der Waals surface area contributed by atoms with Crippen molar-refractivity contribution in [2.24, 2.45) is 7.05 Å². The average molecular weight is 449 g/mol. The number of rotatable bonds is 3. The van der Waals surface area contributed by atoms with Crippen LogP contribution in [0.25, 0.3) is 22.7 Å². The van der Waals surface area contributed by atoms with Gasteiger partial charge in [-0.1, -0.05) is 6.92 Å². The number of halogens is 4. The molecule has 0 radical (unpaired) electrons. The van der Waals surface area contributed by atoms with Gasteiger partial charge in [-0.2, -0.15) is 13.2 Å². The maximum Gasteiger partial charge on any atom is 0.417 e. The van der Waals surface area contributed by atoms with Crippen molar-refractivity contribution in [1.82, 2.24) is 19.5 Å². The molecule has 0 atom stereocenters. The predicted octanol–water partition coefficient (Wildman–Crippen LogP) is 3.61. The van der Waals surface area contributed by atoms with Crippen LogP contribution in [-0.4, -0.2) is 33.7 Å². The summed E-state index contributed by atoms with van der Waals surface area (Å²) in [5, 5.41) is 0. The molecule has 0 aliphatic carbocycles. The Morgan fingerprint density at radius 1 is 1.19 bits per heavy atom. The van der Waals surface area contributed by atoms with Crippen LogP contribution in [0.1, 0.15) is 12.5 Å². The SMILES string of the molecule is CCS(=O)(=O)c1cc(Br)cnc1-c1nc2cc(C(F)(F)F)cnc2n1C. The zero-order chi connectivity index (χ0) is 19.3. The minimum atomic E-state index is -4.55. The largest absolute Gasteiger partial charge is 0.417 e. The van der Waals surface area contributed by atoms with Crippen LogP contribution in [0.2, 0.25) is 0 Å². The number of aryl methyl sites for hydroxylation is 1. The molecule has 3 heterocycles. The van der Waals surface area contributed by atoms with Crippen LogP contribution in [0.3, 0.4) is 0 Å². The van der Waals surface area contributed by atoms with E-state index in [9.17, 15) is 21.6 Å². The van der Waals surface area contributed by atoms with Crippen molar-refractivity contribution in [2.45, 2.75) is 18.0 Å². The first kappa shape index (κ1) is 18.8. The van der Waals surface area contributed by atoms with Gasteiger partial charge in [-0.05, 0) is 28.1 Å². The summed E-state index contributed by atoms with van der Waals surface area (Å²) < 4.78 is 65.3. The highest BCUT2D eigenvalue weighted by molar-refractivity contribution is 9.10. The Balaban J connectivity index is 2.29. The molecule has 0 unspecified atom stereocenters. The minimum Gasteiger partial charge on any atom is -0.310 e. The van der Waals surface area contributed by atoms with E-state index in [-0.39, 0.29) is 33.3 Å². The Morgan fingerprint density at radius 2 is 1.88 bits per heavy atom. The van der Waals surface area contributed by atoms with E-state index < -0.39 is 21.6 Å². The van der Waals surface area contributed by atoms with Crippen LogP contribution >= 0.6 is 15.9 Å². The van der Waals surface area contributed by atoms with Crippen molar-refractivity contribution < 1.29 is 21.6 Å². The highest BCUT2D eigenvalue weighted by Gasteiger charge is 2.32. The van der Waals surface area contributed by atoms with Crippen molar-refractivity contribution in [3.63, 3.8) is 0 Å². The van der Waals surface area contributed by atoms with Gasteiger partial charge in [0, 0.05) is 23.9 Å². The number of fused-ring (bicyclic) bond motifs is 1. The van der Waals surface area contributed by atoms with E-state index in [0.29, 0.717) is 10.7 Å². The Labute approximate surface area is 155 Å². The Morgan fingerprint density at radius 3 is 2.50 bits per heavy atom. The fraction of sp³-hybridized carbons (Fsp3) is 0.267. The fourth-order valence-corrected chi connectivity index (χ4v) is 3.96. The normalized spacial score (nSPS) is 12.7. The molecular weight excluding hydrogens is 437 g/mol. The van der Waals surface area contributed by atoms with Gasteiger partial charge in [0.15, 0.2) is 21.3 Å². The highest BCUT2D eigenvalue weighted by atomic mass is 79.9. The van der Waals surface area contributed by atoms with E-state index in [1.807, 2.05) is 0 Å². The molecule has 3 aromatic rings. The lowest BCUT2D eigenvalue weighted by atomic mass is 10.2. The lowest BCUT2D eigenvalue weighted by Gasteiger charge is -2.09. The Kier molecular flexibility index (Phi) is 4.55. The van der Waals surface area contributed by atoms with Gasteiger partial charge < -0.3 is 4.57 Å². The van der Waals surface area contributed by atoms with Crippen LogP contribution in [0, 0.1) is 0 Å². The number of pyridine rings is 2. The van der Waals surface area contributed by atoms with Crippen LogP contribution in [0.4, 0.5) is 13.2 Å².